The molecule has 28 heavy (non-hydrogen) atoms. The normalized spacial score (nSPS) is 11.6. The number of pyridine rings is 1. The molecule has 0 spiro atoms. The van der Waals surface area contributed by atoms with E-state index in [4.69, 9.17) is 4.74 Å². The van der Waals surface area contributed by atoms with Crippen LogP contribution in [0.25, 0.3) is 0 Å². The molecule has 1 aromatic heterocycles. The van der Waals surface area contributed by atoms with Gasteiger partial charge in [-0.2, -0.15) is 4.31 Å². The Balaban J connectivity index is 1.77. The van der Waals surface area contributed by atoms with Crippen LogP contribution in [0.3, 0.4) is 0 Å². The van der Waals surface area contributed by atoms with Crippen LogP contribution in [0.5, 0.6) is 5.75 Å². The molecule has 3 aromatic rings. The highest BCUT2D eigenvalue weighted by Gasteiger charge is 2.22. The Morgan fingerprint density at radius 3 is 2.43 bits per heavy atom. The monoisotopic (exact) mass is 460 g/mol. The van der Waals surface area contributed by atoms with Gasteiger partial charge in [0, 0.05) is 36.4 Å². The number of aromatic nitrogens is 1. The summed E-state index contributed by atoms with van der Waals surface area (Å²) >= 11 is 3.50. The summed E-state index contributed by atoms with van der Waals surface area (Å²) in [5.41, 5.74) is 2.80. The van der Waals surface area contributed by atoms with Crippen LogP contribution in [0.1, 0.15) is 16.8 Å². The standard InChI is InChI=1S/C21H21BrN2O3S/c1-24(15-16-6-9-19(27-2)10-7-16)28(25,26)20-11-8-17(21(22)14-20)13-18-5-3-4-12-23-18/h3-12,14H,13,15H2,1-2H3. The predicted molar refractivity (Wildman–Crippen MR) is 113 cm³/mol. The first kappa shape index (κ1) is 20.5. The van der Waals surface area contributed by atoms with Crippen LogP contribution in [0.2, 0.25) is 0 Å². The van der Waals surface area contributed by atoms with E-state index in [1.807, 2.05) is 48.5 Å². The summed E-state index contributed by atoms with van der Waals surface area (Å²) in [5, 5.41) is 0. The number of halogens is 1. The van der Waals surface area contributed by atoms with Gasteiger partial charge in [0.2, 0.25) is 10.0 Å². The minimum Gasteiger partial charge on any atom is -0.497 e. The second-order valence-electron chi connectivity index (χ2n) is 6.36. The molecular weight excluding hydrogens is 440 g/mol. The van der Waals surface area contributed by atoms with Crippen molar-refractivity contribution in [1.82, 2.24) is 9.29 Å². The highest BCUT2D eigenvalue weighted by atomic mass is 79.9. The van der Waals surface area contributed by atoms with Gasteiger partial charge in [0.1, 0.15) is 5.75 Å². The fourth-order valence-corrected chi connectivity index (χ4v) is 4.64. The Labute approximate surface area is 174 Å². The molecule has 0 aliphatic carbocycles. The number of rotatable bonds is 7. The maximum Gasteiger partial charge on any atom is 0.243 e. The topological polar surface area (TPSA) is 59.5 Å². The lowest BCUT2D eigenvalue weighted by molar-refractivity contribution is 0.414. The summed E-state index contributed by atoms with van der Waals surface area (Å²) in [4.78, 5) is 4.57. The Morgan fingerprint density at radius 2 is 1.82 bits per heavy atom. The first-order valence-electron chi connectivity index (χ1n) is 8.68. The number of methoxy groups -OCH3 is 1. The molecular formula is C21H21BrN2O3S. The summed E-state index contributed by atoms with van der Waals surface area (Å²) in [5.74, 6) is 0.738. The van der Waals surface area contributed by atoms with Gasteiger partial charge < -0.3 is 4.74 Å². The summed E-state index contributed by atoms with van der Waals surface area (Å²) in [6, 6.07) is 18.2. The van der Waals surface area contributed by atoms with Crippen LogP contribution in [-0.2, 0) is 23.0 Å². The fourth-order valence-electron chi connectivity index (χ4n) is 2.78. The van der Waals surface area contributed by atoms with E-state index in [1.165, 1.54) is 4.31 Å². The zero-order valence-corrected chi connectivity index (χ0v) is 18.1. The zero-order valence-electron chi connectivity index (χ0n) is 15.7. The van der Waals surface area contributed by atoms with Crippen LogP contribution in [0, 0.1) is 0 Å². The van der Waals surface area contributed by atoms with Gasteiger partial charge in [0.25, 0.3) is 0 Å². The minimum absolute atomic E-state index is 0.250. The third-order valence-corrected chi connectivity index (χ3v) is 6.93. The van der Waals surface area contributed by atoms with Crippen molar-refractivity contribution in [3.05, 3.63) is 88.2 Å². The maximum absolute atomic E-state index is 12.9. The van der Waals surface area contributed by atoms with Gasteiger partial charge in [-0.3, -0.25) is 4.98 Å². The third-order valence-electron chi connectivity index (χ3n) is 4.39. The van der Waals surface area contributed by atoms with Gasteiger partial charge in [0.15, 0.2) is 0 Å². The van der Waals surface area contributed by atoms with Crippen LogP contribution >= 0.6 is 15.9 Å². The number of hydrogen-bond acceptors (Lipinski definition) is 4. The summed E-state index contributed by atoms with van der Waals surface area (Å²) in [6.07, 6.45) is 2.37. The van der Waals surface area contributed by atoms with Crippen molar-refractivity contribution in [2.75, 3.05) is 14.2 Å². The Kier molecular flexibility index (Phi) is 6.49. The van der Waals surface area contributed by atoms with Crippen LogP contribution in [-0.4, -0.2) is 31.9 Å². The van der Waals surface area contributed by atoms with Crippen molar-refractivity contribution >= 4 is 26.0 Å². The smallest absolute Gasteiger partial charge is 0.243 e. The molecule has 0 aliphatic heterocycles. The number of sulfonamides is 1. The molecule has 0 amide bonds. The fraction of sp³-hybridized carbons (Fsp3) is 0.190. The lowest BCUT2D eigenvalue weighted by Gasteiger charge is -2.18. The molecule has 146 valence electrons. The van der Waals surface area contributed by atoms with Crippen LogP contribution in [0.15, 0.2) is 76.2 Å². The Bertz CT molecular complexity index is 1040. The summed E-state index contributed by atoms with van der Waals surface area (Å²) in [7, 11) is -0.432. The van der Waals surface area contributed by atoms with Gasteiger partial charge in [0.05, 0.1) is 12.0 Å². The molecule has 2 aromatic carbocycles. The van der Waals surface area contributed by atoms with Crippen molar-refractivity contribution in [3.8, 4) is 5.75 Å². The second-order valence-corrected chi connectivity index (χ2v) is 9.26. The molecule has 7 heteroatoms. The van der Waals surface area contributed by atoms with Crippen LogP contribution < -0.4 is 4.74 Å². The number of ether oxygens (including phenoxy) is 1. The number of hydrogen-bond donors (Lipinski definition) is 0. The van der Waals surface area contributed by atoms with Gasteiger partial charge in [-0.25, -0.2) is 8.42 Å². The molecule has 0 bridgehead atoms. The van der Waals surface area contributed by atoms with E-state index >= 15 is 0 Å². The molecule has 0 saturated carbocycles. The predicted octanol–water partition coefficient (Wildman–Crippen LogP) is 4.26. The van der Waals surface area contributed by atoms with Gasteiger partial charge >= 0.3 is 0 Å². The van der Waals surface area contributed by atoms with E-state index in [0.717, 1.165) is 27.0 Å². The molecule has 0 radical (unpaired) electrons. The first-order chi connectivity index (χ1) is 13.4. The average Bonchev–Trinajstić information content (AvgIpc) is 2.70. The minimum atomic E-state index is -3.61. The van der Waals surface area contributed by atoms with E-state index in [2.05, 4.69) is 20.9 Å². The molecule has 0 unspecified atom stereocenters. The molecule has 0 aliphatic rings. The molecule has 0 fully saturated rings. The van der Waals surface area contributed by atoms with Crippen molar-refractivity contribution in [3.63, 3.8) is 0 Å². The van der Waals surface area contributed by atoms with Crippen molar-refractivity contribution in [1.29, 1.82) is 0 Å². The van der Waals surface area contributed by atoms with Crippen molar-refractivity contribution < 1.29 is 13.2 Å². The summed E-state index contributed by atoms with van der Waals surface area (Å²) < 4.78 is 33.1. The lowest BCUT2D eigenvalue weighted by atomic mass is 10.1. The largest absolute Gasteiger partial charge is 0.497 e. The molecule has 3 rings (SSSR count). The number of nitrogens with zero attached hydrogens (tertiary/aromatic N) is 2. The first-order valence-corrected chi connectivity index (χ1v) is 10.9. The van der Waals surface area contributed by atoms with Gasteiger partial charge in [-0.15, -0.1) is 0 Å². The maximum atomic E-state index is 12.9. The van der Waals surface area contributed by atoms with Crippen LogP contribution in [0.4, 0.5) is 0 Å². The third kappa shape index (κ3) is 4.79. The average molecular weight is 461 g/mol. The van der Waals surface area contributed by atoms with E-state index in [0.29, 0.717) is 6.42 Å². The lowest BCUT2D eigenvalue weighted by Crippen LogP contribution is -2.26. The molecule has 0 saturated heterocycles. The molecule has 5 nitrogen and oxygen atoms in total. The molecule has 0 atom stereocenters. The van der Waals surface area contributed by atoms with E-state index in [9.17, 15) is 8.42 Å². The SMILES string of the molecule is COc1ccc(CN(C)S(=O)(=O)c2ccc(Cc3ccccn3)c(Br)c2)cc1. The quantitative estimate of drug-likeness (QED) is 0.528. The van der Waals surface area contributed by atoms with E-state index in [1.54, 1.807) is 32.5 Å². The Hall–Kier alpha value is -2.22. The van der Waals surface area contributed by atoms with Crippen molar-refractivity contribution in [2.24, 2.45) is 0 Å². The van der Waals surface area contributed by atoms with Gasteiger partial charge in [-0.05, 0) is 47.5 Å². The molecule has 0 N–H and O–H groups in total. The second kappa shape index (κ2) is 8.86. The number of benzene rings is 2. The molecule has 1 heterocycles. The highest BCUT2D eigenvalue weighted by molar-refractivity contribution is 9.10. The Morgan fingerprint density at radius 1 is 1.07 bits per heavy atom. The van der Waals surface area contributed by atoms with Crippen molar-refractivity contribution in [2.45, 2.75) is 17.9 Å². The van der Waals surface area contributed by atoms with E-state index < -0.39 is 10.0 Å². The highest BCUT2D eigenvalue weighted by Crippen LogP contribution is 2.26. The summed E-state index contributed by atoms with van der Waals surface area (Å²) in [6.45, 7) is 0.277. The van der Waals surface area contributed by atoms with E-state index in [-0.39, 0.29) is 11.4 Å². The van der Waals surface area contributed by atoms with Gasteiger partial charge in [-0.1, -0.05) is 40.2 Å². The zero-order chi connectivity index (χ0) is 20.1.